The Labute approximate surface area is 126 Å². The van der Waals surface area contributed by atoms with E-state index in [2.05, 4.69) is 31.2 Å². The molecule has 106 valence electrons. The Morgan fingerprint density at radius 3 is 3.00 bits per heavy atom. The van der Waals surface area contributed by atoms with Crippen LogP contribution in [0.2, 0.25) is 0 Å². The zero-order chi connectivity index (χ0) is 14.8. The number of hydrogen-bond acceptors (Lipinski definition) is 6. The van der Waals surface area contributed by atoms with Crippen LogP contribution in [-0.2, 0) is 6.54 Å². The molecule has 0 N–H and O–H groups in total. The van der Waals surface area contributed by atoms with Gasteiger partial charge in [-0.3, -0.25) is 14.8 Å². The van der Waals surface area contributed by atoms with E-state index >= 15 is 0 Å². The van der Waals surface area contributed by atoms with Gasteiger partial charge in [0.25, 0.3) is 0 Å². The highest BCUT2D eigenvalue weighted by molar-refractivity contribution is 9.10. The number of halogens is 1. The molecule has 8 nitrogen and oxygen atoms in total. The van der Waals surface area contributed by atoms with Crippen LogP contribution in [0.4, 0.5) is 5.69 Å². The zero-order valence-electron chi connectivity index (χ0n) is 10.5. The third-order valence-electron chi connectivity index (χ3n) is 2.68. The van der Waals surface area contributed by atoms with Crippen LogP contribution in [0.3, 0.4) is 0 Å². The molecule has 0 aliphatic carbocycles. The average Bonchev–Trinajstić information content (AvgIpc) is 3.08. The lowest BCUT2D eigenvalue weighted by atomic mass is 10.2. The second kappa shape index (κ2) is 5.44. The second-order valence-corrected chi connectivity index (χ2v) is 5.09. The number of aromatic nitrogens is 4. The number of nitro groups is 1. The zero-order valence-corrected chi connectivity index (χ0v) is 12.1. The van der Waals surface area contributed by atoms with Crippen LogP contribution in [0.25, 0.3) is 11.4 Å². The van der Waals surface area contributed by atoms with Gasteiger partial charge in [-0.2, -0.15) is 10.1 Å². The molecule has 2 heterocycles. The molecule has 0 aliphatic rings. The Kier molecular flexibility index (Phi) is 3.48. The van der Waals surface area contributed by atoms with Gasteiger partial charge in [0, 0.05) is 10.0 Å². The summed E-state index contributed by atoms with van der Waals surface area (Å²) in [6.07, 6.45) is 2.48. The first-order valence-electron chi connectivity index (χ1n) is 5.87. The van der Waals surface area contributed by atoms with E-state index in [9.17, 15) is 10.1 Å². The molecule has 2 aromatic heterocycles. The normalized spacial score (nSPS) is 10.7. The highest BCUT2D eigenvalue weighted by Gasteiger charge is 2.13. The standard InChI is InChI=1S/C12H8BrN5O3/c13-9-3-1-2-8(4-9)12-15-11(21-16-12)7-17-6-10(5-14-17)18(19)20/h1-6H,7H2. The van der Waals surface area contributed by atoms with E-state index in [0.717, 1.165) is 10.0 Å². The van der Waals surface area contributed by atoms with Crippen LogP contribution < -0.4 is 0 Å². The minimum atomic E-state index is -0.510. The maximum absolute atomic E-state index is 10.6. The molecular formula is C12H8BrN5O3. The summed E-state index contributed by atoms with van der Waals surface area (Å²) in [5.41, 5.74) is 0.729. The van der Waals surface area contributed by atoms with Gasteiger partial charge in [0.05, 0.1) is 4.92 Å². The molecule has 0 aliphatic heterocycles. The van der Waals surface area contributed by atoms with Crippen LogP contribution in [0, 0.1) is 10.1 Å². The van der Waals surface area contributed by atoms with Crippen LogP contribution >= 0.6 is 15.9 Å². The highest BCUT2D eigenvalue weighted by Crippen LogP contribution is 2.20. The van der Waals surface area contributed by atoms with Crippen molar-refractivity contribution >= 4 is 21.6 Å². The van der Waals surface area contributed by atoms with Gasteiger partial charge in [-0.15, -0.1) is 0 Å². The average molecular weight is 350 g/mol. The summed E-state index contributed by atoms with van der Waals surface area (Å²) in [5.74, 6) is 0.774. The molecule has 1 aromatic carbocycles. The van der Waals surface area contributed by atoms with Crippen LogP contribution in [0.5, 0.6) is 0 Å². The van der Waals surface area contributed by atoms with Crippen molar-refractivity contribution in [3.05, 3.63) is 57.1 Å². The second-order valence-electron chi connectivity index (χ2n) is 4.18. The summed E-state index contributed by atoms with van der Waals surface area (Å²) in [4.78, 5) is 14.3. The van der Waals surface area contributed by atoms with Gasteiger partial charge in [0.1, 0.15) is 18.9 Å². The van der Waals surface area contributed by atoms with E-state index in [4.69, 9.17) is 4.52 Å². The lowest BCUT2D eigenvalue weighted by molar-refractivity contribution is -0.385. The van der Waals surface area contributed by atoms with Gasteiger partial charge in [-0.25, -0.2) is 0 Å². The van der Waals surface area contributed by atoms with Gasteiger partial charge in [-0.05, 0) is 12.1 Å². The number of hydrogen-bond donors (Lipinski definition) is 0. The van der Waals surface area contributed by atoms with Crippen molar-refractivity contribution in [2.75, 3.05) is 0 Å². The fourth-order valence-corrected chi connectivity index (χ4v) is 2.14. The molecule has 0 fully saturated rings. The molecule has 21 heavy (non-hydrogen) atoms. The van der Waals surface area contributed by atoms with Crippen LogP contribution in [-0.4, -0.2) is 24.8 Å². The fourth-order valence-electron chi connectivity index (χ4n) is 1.74. The Morgan fingerprint density at radius 1 is 1.43 bits per heavy atom. The molecule has 0 saturated carbocycles. The van der Waals surface area contributed by atoms with Gasteiger partial charge in [0.15, 0.2) is 0 Å². The summed E-state index contributed by atoms with van der Waals surface area (Å²) in [7, 11) is 0. The molecule has 9 heteroatoms. The highest BCUT2D eigenvalue weighted by atomic mass is 79.9. The number of nitrogens with zero attached hydrogens (tertiary/aromatic N) is 5. The van der Waals surface area contributed by atoms with Crippen LogP contribution in [0.15, 0.2) is 45.7 Å². The Hall–Kier alpha value is -2.55. The third kappa shape index (κ3) is 2.97. The summed E-state index contributed by atoms with van der Waals surface area (Å²) in [6, 6.07) is 7.49. The van der Waals surface area contributed by atoms with Crippen molar-refractivity contribution in [3.8, 4) is 11.4 Å². The minimum Gasteiger partial charge on any atom is -0.337 e. The van der Waals surface area contributed by atoms with Crippen molar-refractivity contribution in [2.24, 2.45) is 0 Å². The fraction of sp³-hybridized carbons (Fsp3) is 0.0833. The predicted octanol–water partition coefficient (Wildman–Crippen LogP) is 2.65. The van der Waals surface area contributed by atoms with E-state index in [-0.39, 0.29) is 12.2 Å². The van der Waals surface area contributed by atoms with Crippen molar-refractivity contribution in [2.45, 2.75) is 6.54 Å². The van der Waals surface area contributed by atoms with E-state index in [1.165, 1.54) is 17.1 Å². The van der Waals surface area contributed by atoms with Gasteiger partial charge in [0.2, 0.25) is 11.7 Å². The summed E-state index contributed by atoms with van der Waals surface area (Å²) in [6.45, 7) is 0.175. The molecule has 3 rings (SSSR count). The van der Waals surface area contributed by atoms with Crippen LogP contribution in [0.1, 0.15) is 5.89 Å². The first kappa shape index (κ1) is 13.4. The van der Waals surface area contributed by atoms with E-state index in [1.54, 1.807) is 0 Å². The smallest absolute Gasteiger partial charge is 0.307 e. The molecule has 0 unspecified atom stereocenters. The lowest BCUT2D eigenvalue weighted by Crippen LogP contribution is -2.00. The molecule has 0 radical (unpaired) electrons. The Morgan fingerprint density at radius 2 is 2.29 bits per heavy atom. The molecule has 0 amide bonds. The van der Waals surface area contributed by atoms with E-state index < -0.39 is 4.92 Å². The quantitative estimate of drug-likeness (QED) is 0.530. The van der Waals surface area contributed by atoms with Crippen molar-refractivity contribution in [3.63, 3.8) is 0 Å². The predicted molar refractivity (Wildman–Crippen MR) is 75.4 cm³/mol. The SMILES string of the molecule is O=[N+]([O-])c1cnn(Cc2nc(-c3cccc(Br)c3)no2)c1. The van der Waals surface area contributed by atoms with Crippen molar-refractivity contribution < 1.29 is 9.45 Å². The lowest BCUT2D eigenvalue weighted by Gasteiger charge is -1.94. The van der Waals surface area contributed by atoms with E-state index in [1.807, 2.05) is 24.3 Å². The van der Waals surface area contributed by atoms with E-state index in [0.29, 0.717) is 11.7 Å². The number of benzene rings is 1. The first-order valence-corrected chi connectivity index (χ1v) is 6.66. The molecule has 0 bridgehead atoms. The minimum absolute atomic E-state index is 0.0817. The molecule has 0 atom stereocenters. The molecule has 3 aromatic rings. The van der Waals surface area contributed by atoms with Crippen molar-refractivity contribution in [1.82, 2.24) is 19.9 Å². The van der Waals surface area contributed by atoms with Gasteiger partial charge >= 0.3 is 5.69 Å². The largest absolute Gasteiger partial charge is 0.337 e. The van der Waals surface area contributed by atoms with Crippen molar-refractivity contribution in [1.29, 1.82) is 0 Å². The Balaban J connectivity index is 1.80. The number of rotatable bonds is 4. The van der Waals surface area contributed by atoms with Gasteiger partial charge in [-0.1, -0.05) is 33.2 Å². The maximum atomic E-state index is 10.6. The third-order valence-corrected chi connectivity index (χ3v) is 3.17. The topological polar surface area (TPSA) is 99.9 Å². The van der Waals surface area contributed by atoms with Gasteiger partial charge < -0.3 is 4.52 Å². The molecular weight excluding hydrogens is 342 g/mol. The molecule has 0 saturated heterocycles. The Bertz CT molecular complexity index is 798. The summed E-state index contributed by atoms with van der Waals surface area (Å²) < 4.78 is 7.41. The monoisotopic (exact) mass is 349 g/mol. The molecule has 0 spiro atoms. The summed E-state index contributed by atoms with van der Waals surface area (Å²) in [5, 5.41) is 18.3. The first-order chi connectivity index (χ1) is 10.1. The summed E-state index contributed by atoms with van der Waals surface area (Å²) >= 11 is 3.37. The maximum Gasteiger partial charge on any atom is 0.307 e.